The van der Waals surface area contributed by atoms with Gasteiger partial charge >= 0.3 is 8.03 Å². The van der Waals surface area contributed by atoms with Gasteiger partial charge in [-0.1, -0.05) is 49.9 Å². The number of rotatable bonds is 12. The van der Waals surface area contributed by atoms with E-state index in [0.717, 1.165) is 11.1 Å². The van der Waals surface area contributed by atoms with E-state index in [4.69, 9.17) is 14.2 Å². The topological polar surface area (TPSA) is 143 Å². The third-order valence-electron chi connectivity index (χ3n) is 7.00. The molecule has 3 atom stereocenters. The van der Waals surface area contributed by atoms with E-state index in [1.54, 1.807) is 60.7 Å². The molecule has 0 spiro atoms. The number of sulfonamides is 1. The molecule has 3 unspecified atom stereocenters. The van der Waals surface area contributed by atoms with Crippen LogP contribution in [0.4, 0.5) is 5.69 Å². The number of aliphatic hydroxyl groups is 1. The van der Waals surface area contributed by atoms with Gasteiger partial charge in [-0.3, -0.25) is 4.72 Å². The minimum Gasteiger partial charge on any atom is -0.489 e. The highest BCUT2D eigenvalue weighted by atomic mass is 32.2. The standard InChI is InChI=1S/C32H33N2O8PS.CH4/c1-22(15-23-9-11-27(12-10-23)41-20-25-6-2-3-8-32(25)43(36)37)33-18-26(35)21-42-31-14-13-28-17-30(31)34-44(38,39)29-7-4-5-24(16-29)19-40-28;/h2-14,16-17,22,26,33-35H,15,18-21H2,1H3;1H4/p+1. The fourth-order valence-corrected chi connectivity index (χ4v) is 6.42. The molecule has 45 heavy (non-hydrogen) atoms. The number of anilines is 1. The van der Waals surface area contributed by atoms with E-state index in [9.17, 15) is 23.0 Å². The lowest BCUT2D eigenvalue weighted by Gasteiger charge is -2.20. The fraction of sp³-hybridized carbons (Fsp3) is 0.273. The molecule has 4 aromatic rings. The zero-order valence-electron chi connectivity index (χ0n) is 24.0. The van der Waals surface area contributed by atoms with Crippen LogP contribution in [0.1, 0.15) is 31.0 Å². The SMILES string of the molecule is C.CC(Cc1ccc(OCc2ccccc2[P+](=O)O)cc1)NCC(O)COc1ccc2cc1NS(=O)(=O)c1cccc(c1)CO2. The van der Waals surface area contributed by atoms with Crippen molar-refractivity contribution in [2.75, 3.05) is 17.9 Å². The van der Waals surface area contributed by atoms with Crippen LogP contribution < -0.4 is 29.6 Å². The Labute approximate surface area is 264 Å². The lowest BCUT2D eigenvalue weighted by Crippen LogP contribution is -2.37. The molecule has 0 amide bonds. The summed E-state index contributed by atoms with van der Waals surface area (Å²) < 4.78 is 57.5. The third-order valence-corrected chi connectivity index (χ3v) is 9.21. The van der Waals surface area contributed by atoms with E-state index >= 15 is 0 Å². The van der Waals surface area contributed by atoms with Crippen molar-refractivity contribution in [3.8, 4) is 17.2 Å². The summed E-state index contributed by atoms with van der Waals surface area (Å²) in [7, 11) is -6.29. The summed E-state index contributed by atoms with van der Waals surface area (Å²) in [5.74, 6) is 1.42. The van der Waals surface area contributed by atoms with E-state index in [2.05, 4.69) is 10.0 Å². The van der Waals surface area contributed by atoms with Gasteiger partial charge in [0, 0.05) is 24.2 Å². The first-order chi connectivity index (χ1) is 21.2. The minimum atomic E-state index is -3.84. The molecule has 12 heteroatoms. The first kappa shape index (κ1) is 33.9. The molecule has 5 rings (SSSR count). The van der Waals surface area contributed by atoms with Crippen LogP contribution in [0.15, 0.2) is 95.9 Å². The average Bonchev–Trinajstić information content (AvgIpc) is 3.01. The summed E-state index contributed by atoms with van der Waals surface area (Å²) in [6.45, 7) is 2.64. The molecular formula is C33H38N2O8PS+. The monoisotopic (exact) mass is 653 g/mol. The van der Waals surface area contributed by atoms with Crippen LogP contribution in [-0.2, 0) is 34.2 Å². The van der Waals surface area contributed by atoms with Crippen LogP contribution in [0.2, 0.25) is 0 Å². The van der Waals surface area contributed by atoms with Gasteiger partial charge in [-0.2, -0.15) is 4.89 Å². The third kappa shape index (κ3) is 9.26. The van der Waals surface area contributed by atoms with Gasteiger partial charge in [-0.25, -0.2) is 8.42 Å². The Hall–Kier alpha value is -3.99. The molecular weight excluding hydrogens is 615 g/mol. The minimum absolute atomic E-state index is 0. The van der Waals surface area contributed by atoms with E-state index in [-0.39, 0.29) is 56.2 Å². The zero-order chi connectivity index (χ0) is 31.1. The van der Waals surface area contributed by atoms with Gasteiger partial charge < -0.3 is 24.6 Å². The summed E-state index contributed by atoms with van der Waals surface area (Å²) >= 11 is 0. The zero-order valence-corrected chi connectivity index (χ0v) is 25.8. The van der Waals surface area contributed by atoms with Crippen molar-refractivity contribution >= 4 is 29.0 Å². The summed E-state index contributed by atoms with van der Waals surface area (Å²) in [4.78, 5) is 9.61. The summed E-state index contributed by atoms with van der Waals surface area (Å²) in [5.41, 5.74) is 2.70. The van der Waals surface area contributed by atoms with Crippen LogP contribution in [0.25, 0.3) is 0 Å². The predicted octanol–water partition coefficient (Wildman–Crippen LogP) is 4.92. The van der Waals surface area contributed by atoms with E-state index < -0.39 is 24.2 Å². The van der Waals surface area contributed by atoms with Crippen molar-refractivity contribution in [3.05, 3.63) is 108 Å². The Balaban J connectivity index is 0.00000461. The molecule has 0 aliphatic carbocycles. The van der Waals surface area contributed by atoms with E-state index in [0.29, 0.717) is 28.8 Å². The number of hydrogen-bond acceptors (Lipinski definition) is 8. The maximum Gasteiger partial charge on any atom is 0.546 e. The maximum atomic E-state index is 13.0. The largest absolute Gasteiger partial charge is 0.546 e. The molecule has 0 radical (unpaired) electrons. The van der Waals surface area contributed by atoms with E-state index in [1.807, 2.05) is 31.2 Å². The quantitative estimate of drug-likeness (QED) is 0.157. The lowest BCUT2D eigenvalue weighted by molar-refractivity contribution is 0.104. The molecule has 0 fully saturated rings. The van der Waals surface area contributed by atoms with Crippen molar-refractivity contribution in [1.29, 1.82) is 0 Å². The van der Waals surface area contributed by atoms with E-state index in [1.165, 1.54) is 6.07 Å². The first-order valence-electron chi connectivity index (χ1n) is 14.0. The van der Waals surface area contributed by atoms with Gasteiger partial charge in [0.25, 0.3) is 10.0 Å². The van der Waals surface area contributed by atoms with Gasteiger partial charge in [0.1, 0.15) is 43.2 Å². The van der Waals surface area contributed by atoms with Crippen molar-refractivity contribution < 1.29 is 37.2 Å². The van der Waals surface area contributed by atoms with Gasteiger partial charge in [-0.15, -0.1) is 0 Å². The van der Waals surface area contributed by atoms with Gasteiger partial charge in [0.05, 0.1) is 10.6 Å². The molecule has 1 aliphatic rings. The number of fused-ring (bicyclic) bond motifs is 4. The Kier molecular flexibility index (Phi) is 11.6. The second-order valence-electron chi connectivity index (χ2n) is 10.5. The van der Waals surface area contributed by atoms with Crippen LogP contribution >= 0.6 is 8.03 Å². The normalized spacial score (nSPS) is 14.9. The molecule has 0 saturated heterocycles. The van der Waals surface area contributed by atoms with Crippen LogP contribution in [0.3, 0.4) is 0 Å². The number of ether oxygens (including phenoxy) is 3. The van der Waals surface area contributed by atoms with Gasteiger partial charge in [0.2, 0.25) is 5.30 Å². The van der Waals surface area contributed by atoms with Gasteiger partial charge in [0.15, 0.2) is 0 Å². The molecule has 0 saturated carbocycles. The summed E-state index contributed by atoms with van der Waals surface area (Å²) in [6.07, 6.45) is -0.142. The smallest absolute Gasteiger partial charge is 0.489 e. The van der Waals surface area contributed by atoms with Crippen molar-refractivity contribution in [3.63, 3.8) is 0 Å². The second-order valence-corrected chi connectivity index (χ2v) is 13.2. The number of nitrogens with one attached hydrogen (secondary N) is 2. The molecule has 0 aromatic heterocycles. The molecule has 4 aromatic carbocycles. The van der Waals surface area contributed by atoms with Crippen molar-refractivity contribution in [2.45, 2.75) is 51.0 Å². The molecule has 10 nitrogen and oxygen atoms in total. The number of aliphatic hydroxyl groups excluding tert-OH is 1. The van der Waals surface area contributed by atoms with Crippen molar-refractivity contribution in [1.82, 2.24) is 5.32 Å². The maximum absolute atomic E-state index is 13.0. The predicted molar refractivity (Wildman–Crippen MR) is 174 cm³/mol. The van der Waals surface area contributed by atoms with Crippen molar-refractivity contribution in [2.24, 2.45) is 0 Å². The van der Waals surface area contributed by atoms with Crippen LogP contribution in [0, 0.1) is 0 Å². The Bertz CT molecular complexity index is 1720. The lowest BCUT2D eigenvalue weighted by atomic mass is 10.1. The summed E-state index contributed by atoms with van der Waals surface area (Å²) in [5, 5.41) is 14.2. The highest BCUT2D eigenvalue weighted by Gasteiger charge is 2.22. The highest BCUT2D eigenvalue weighted by Crippen LogP contribution is 2.33. The highest BCUT2D eigenvalue weighted by molar-refractivity contribution is 7.92. The first-order valence-corrected chi connectivity index (χ1v) is 16.7. The second kappa shape index (κ2) is 15.3. The summed E-state index contributed by atoms with van der Waals surface area (Å²) in [6, 6.07) is 26.0. The molecule has 238 valence electrons. The number of hydrogen-bond donors (Lipinski definition) is 4. The Morgan fingerprint density at radius 2 is 1.78 bits per heavy atom. The Morgan fingerprint density at radius 3 is 2.56 bits per heavy atom. The Morgan fingerprint density at radius 1 is 1.00 bits per heavy atom. The molecule has 4 N–H and O–H groups in total. The van der Waals surface area contributed by atoms with Crippen LogP contribution in [-0.4, -0.2) is 43.7 Å². The average molecular weight is 654 g/mol. The fourth-order valence-electron chi connectivity index (χ4n) is 4.69. The van der Waals surface area contributed by atoms with Crippen LogP contribution in [0.5, 0.6) is 17.2 Å². The molecule has 1 aliphatic heterocycles. The molecule has 1 heterocycles. The molecule has 4 bridgehead atoms. The van der Waals surface area contributed by atoms with Gasteiger partial charge in [-0.05, 0) is 71.5 Å². The number of benzene rings is 4.